The van der Waals surface area contributed by atoms with Crippen LogP contribution in [-0.4, -0.2) is 18.4 Å². The van der Waals surface area contributed by atoms with Gasteiger partial charge in [0.05, 0.1) is 6.26 Å². The number of aryl methyl sites for hydroxylation is 2. The van der Waals surface area contributed by atoms with Gasteiger partial charge < -0.3 is 9.15 Å². The second kappa shape index (κ2) is 7.84. The van der Waals surface area contributed by atoms with Crippen molar-refractivity contribution in [3.05, 3.63) is 59.6 Å². The average molecular weight is 314 g/mol. The summed E-state index contributed by atoms with van der Waals surface area (Å²) >= 11 is 0. The fourth-order valence-corrected chi connectivity index (χ4v) is 1.86. The SMILES string of the molecule is Cc1ccc(OCC(=O)NNC(=O)C=Cc2ccco2)c(C)c1. The quantitative estimate of drug-likeness (QED) is 0.654. The van der Waals surface area contributed by atoms with Crippen molar-refractivity contribution in [2.24, 2.45) is 0 Å². The fraction of sp³-hybridized carbons (Fsp3) is 0.176. The molecule has 1 aromatic heterocycles. The molecule has 1 aromatic carbocycles. The van der Waals surface area contributed by atoms with E-state index in [2.05, 4.69) is 10.9 Å². The van der Waals surface area contributed by atoms with E-state index in [1.165, 1.54) is 18.4 Å². The Morgan fingerprint density at radius 2 is 2.04 bits per heavy atom. The molecule has 2 rings (SSSR count). The third kappa shape index (κ3) is 5.35. The molecule has 0 aliphatic carbocycles. The number of benzene rings is 1. The molecule has 6 nitrogen and oxygen atoms in total. The summed E-state index contributed by atoms with van der Waals surface area (Å²) in [7, 11) is 0. The van der Waals surface area contributed by atoms with Crippen LogP contribution in [0.25, 0.3) is 6.08 Å². The number of nitrogens with one attached hydrogen (secondary N) is 2. The highest BCUT2D eigenvalue weighted by atomic mass is 16.5. The first-order valence-corrected chi connectivity index (χ1v) is 7.05. The molecule has 0 aliphatic heterocycles. The Morgan fingerprint density at radius 3 is 2.74 bits per heavy atom. The number of carbonyl (C=O) groups is 2. The molecule has 0 bridgehead atoms. The summed E-state index contributed by atoms with van der Waals surface area (Å²) < 4.78 is 10.5. The standard InChI is InChI=1S/C17H18N2O4/c1-12-5-7-15(13(2)10-12)23-11-17(21)19-18-16(20)8-6-14-4-3-9-22-14/h3-10H,11H2,1-2H3,(H,18,20)(H,19,21). The van der Waals surface area contributed by atoms with Gasteiger partial charge >= 0.3 is 0 Å². The van der Waals surface area contributed by atoms with Crippen molar-refractivity contribution in [1.29, 1.82) is 0 Å². The Labute approximate surface area is 134 Å². The molecule has 0 radical (unpaired) electrons. The number of hydrogen-bond donors (Lipinski definition) is 2. The number of furan rings is 1. The van der Waals surface area contributed by atoms with Gasteiger partial charge in [-0.1, -0.05) is 17.7 Å². The Balaban J connectivity index is 1.73. The number of amides is 2. The smallest absolute Gasteiger partial charge is 0.276 e. The highest BCUT2D eigenvalue weighted by molar-refractivity contribution is 5.92. The van der Waals surface area contributed by atoms with Crippen LogP contribution >= 0.6 is 0 Å². The maximum absolute atomic E-state index is 11.6. The van der Waals surface area contributed by atoms with Crippen LogP contribution in [-0.2, 0) is 9.59 Å². The molecule has 2 aromatic rings. The molecule has 0 saturated carbocycles. The van der Waals surface area contributed by atoms with E-state index in [1.54, 1.807) is 12.1 Å². The first-order chi connectivity index (χ1) is 11.0. The maximum atomic E-state index is 11.6. The van der Waals surface area contributed by atoms with E-state index in [-0.39, 0.29) is 6.61 Å². The van der Waals surface area contributed by atoms with Gasteiger partial charge in [-0.2, -0.15) is 0 Å². The van der Waals surface area contributed by atoms with Crippen molar-refractivity contribution in [3.8, 4) is 5.75 Å². The summed E-state index contributed by atoms with van der Waals surface area (Å²) in [4.78, 5) is 23.2. The van der Waals surface area contributed by atoms with Crippen LogP contribution in [0.15, 0.2) is 47.1 Å². The third-order valence-corrected chi connectivity index (χ3v) is 2.96. The van der Waals surface area contributed by atoms with Crippen molar-refractivity contribution in [2.45, 2.75) is 13.8 Å². The van der Waals surface area contributed by atoms with Crippen molar-refractivity contribution >= 4 is 17.9 Å². The minimum absolute atomic E-state index is 0.188. The minimum Gasteiger partial charge on any atom is -0.483 e. The lowest BCUT2D eigenvalue weighted by molar-refractivity contribution is -0.128. The molecule has 0 unspecified atom stereocenters. The van der Waals surface area contributed by atoms with Gasteiger partial charge in [-0.05, 0) is 43.7 Å². The number of rotatable bonds is 5. The van der Waals surface area contributed by atoms with E-state index in [0.29, 0.717) is 11.5 Å². The Kier molecular flexibility index (Phi) is 5.57. The molecule has 0 spiro atoms. The first-order valence-electron chi connectivity index (χ1n) is 7.05. The summed E-state index contributed by atoms with van der Waals surface area (Å²) in [6.07, 6.45) is 4.25. The number of ether oxygens (including phenoxy) is 1. The summed E-state index contributed by atoms with van der Waals surface area (Å²) in [5.41, 5.74) is 6.59. The van der Waals surface area contributed by atoms with E-state index in [9.17, 15) is 9.59 Å². The number of carbonyl (C=O) groups excluding carboxylic acids is 2. The molecule has 120 valence electrons. The first kappa shape index (κ1) is 16.4. The largest absolute Gasteiger partial charge is 0.483 e. The summed E-state index contributed by atoms with van der Waals surface area (Å²) in [6, 6.07) is 9.10. The van der Waals surface area contributed by atoms with E-state index in [4.69, 9.17) is 9.15 Å². The van der Waals surface area contributed by atoms with E-state index in [0.717, 1.165) is 11.1 Å². The van der Waals surface area contributed by atoms with Crippen LogP contribution in [0.4, 0.5) is 0 Å². The zero-order chi connectivity index (χ0) is 16.7. The normalized spacial score (nSPS) is 10.5. The fourth-order valence-electron chi connectivity index (χ4n) is 1.86. The lowest BCUT2D eigenvalue weighted by atomic mass is 10.1. The van der Waals surface area contributed by atoms with E-state index in [1.807, 2.05) is 32.0 Å². The second-order valence-electron chi connectivity index (χ2n) is 4.94. The molecule has 0 aliphatic rings. The third-order valence-electron chi connectivity index (χ3n) is 2.96. The average Bonchev–Trinajstić information content (AvgIpc) is 3.03. The van der Waals surface area contributed by atoms with E-state index >= 15 is 0 Å². The van der Waals surface area contributed by atoms with Gasteiger partial charge in [-0.15, -0.1) is 0 Å². The van der Waals surface area contributed by atoms with Gasteiger partial charge in [0.25, 0.3) is 11.8 Å². The summed E-state index contributed by atoms with van der Waals surface area (Å²) in [5, 5.41) is 0. The highest BCUT2D eigenvalue weighted by Gasteiger charge is 2.05. The van der Waals surface area contributed by atoms with Crippen LogP contribution in [0, 0.1) is 13.8 Å². The second-order valence-corrected chi connectivity index (χ2v) is 4.94. The van der Waals surface area contributed by atoms with Gasteiger partial charge in [-0.25, -0.2) is 0 Å². The number of hydrogen-bond acceptors (Lipinski definition) is 4. The molecule has 2 amide bonds. The minimum atomic E-state index is -0.471. The Morgan fingerprint density at radius 1 is 1.22 bits per heavy atom. The van der Waals surface area contributed by atoms with Gasteiger partial charge in [0.2, 0.25) is 0 Å². The lowest BCUT2D eigenvalue weighted by Crippen LogP contribution is -2.43. The molecule has 0 atom stereocenters. The van der Waals surface area contributed by atoms with Crippen molar-refractivity contribution in [1.82, 2.24) is 10.9 Å². The molecule has 1 heterocycles. The van der Waals surface area contributed by atoms with Gasteiger partial charge in [0, 0.05) is 6.08 Å². The molecule has 0 fully saturated rings. The van der Waals surface area contributed by atoms with Gasteiger partial charge in [0.15, 0.2) is 6.61 Å². The summed E-state index contributed by atoms with van der Waals surface area (Å²) in [5.74, 6) is 0.255. The van der Waals surface area contributed by atoms with Gasteiger partial charge in [-0.3, -0.25) is 20.4 Å². The molecular formula is C17H18N2O4. The van der Waals surface area contributed by atoms with Crippen LogP contribution in [0.1, 0.15) is 16.9 Å². The molecule has 0 saturated heterocycles. The van der Waals surface area contributed by atoms with Crippen LogP contribution in [0.5, 0.6) is 5.75 Å². The van der Waals surface area contributed by atoms with Crippen molar-refractivity contribution in [3.63, 3.8) is 0 Å². The van der Waals surface area contributed by atoms with Crippen LogP contribution in [0.2, 0.25) is 0 Å². The predicted octanol–water partition coefficient (Wildman–Crippen LogP) is 2.14. The molecule has 6 heteroatoms. The topological polar surface area (TPSA) is 80.6 Å². The lowest BCUT2D eigenvalue weighted by Gasteiger charge is -2.10. The molecular weight excluding hydrogens is 296 g/mol. The van der Waals surface area contributed by atoms with Crippen LogP contribution in [0.3, 0.4) is 0 Å². The van der Waals surface area contributed by atoms with E-state index < -0.39 is 11.8 Å². The molecule has 2 N–H and O–H groups in total. The van der Waals surface area contributed by atoms with Crippen LogP contribution < -0.4 is 15.6 Å². The Hall–Kier alpha value is -3.02. The Bertz CT molecular complexity index is 705. The highest BCUT2D eigenvalue weighted by Crippen LogP contribution is 2.18. The van der Waals surface area contributed by atoms with Crippen molar-refractivity contribution < 1.29 is 18.7 Å². The predicted molar refractivity (Wildman–Crippen MR) is 85.4 cm³/mol. The zero-order valence-electron chi connectivity index (χ0n) is 13.0. The maximum Gasteiger partial charge on any atom is 0.276 e. The molecule has 23 heavy (non-hydrogen) atoms. The zero-order valence-corrected chi connectivity index (χ0v) is 13.0. The number of hydrazine groups is 1. The summed E-state index contributed by atoms with van der Waals surface area (Å²) in [6.45, 7) is 3.70. The van der Waals surface area contributed by atoms with Gasteiger partial charge in [0.1, 0.15) is 11.5 Å². The van der Waals surface area contributed by atoms with Crippen molar-refractivity contribution in [2.75, 3.05) is 6.61 Å². The monoisotopic (exact) mass is 314 g/mol.